The number of pyridine rings is 1. The molecule has 1 aromatic carbocycles. The van der Waals surface area contributed by atoms with Gasteiger partial charge in [-0.3, -0.25) is 9.59 Å². The fourth-order valence-corrected chi connectivity index (χ4v) is 5.10. The van der Waals surface area contributed by atoms with Crippen molar-refractivity contribution in [2.24, 2.45) is 0 Å². The lowest BCUT2D eigenvalue weighted by molar-refractivity contribution is 0.0643. The summed E-state index contributed by atoms with van der Waals surface area (Å²) >= 11 is 1.49. The molecule has 2 aliphatic heterocycles. The summed E-state index contributed by atoms with van der Waals surface area (Å²) in [7, 11) is 0. The monoisotopic (exact) mass is 408 g/mol. The van der Waals surface area contributed by atoms with Gasteiger partial charge in [0.2, 0.25) is 0 Å². The van der Waals surface area contributed by atoms with E-state index in [1.165, 1.54) is 11.8 Å². The van der Waals surface area contributed by atoms with Crippen LogP contribution in [0.5, 0.6) is 0 Å². The van der Waals surface area contributed by atoms with Crippen LogP contribution in [0.2, 0.25) is 0 Å². The first-order valence-electron chi connectivity index (χ1n) is 10.3. The van der Waals surface area contributed by atoms with Gasteiger partial charge in [-0.05, 0) is 49.7 Å². The Bertz CT molecular complexity index is 967. The van der Waals surface area contributed by atoms with Crippen LogP contribution < -0.4 is 4.90 Å². The Kier molecular flexibility index (Phi) is 4.80. The average Bonchev–Trinajstić information content (AvgIpc) is 3.60. The fraction of sp³-hybridized carbons (Fsp3) is 0.409. The highest BCUT2D eigenvalue weighted by atomic mass is 32.2. The fourth-order valence-electron chi connectivity index (χ4n) is 4.05. The van der Waals surface area contributed by atoms with Crippen LogP contribution in [0, 0.1) is 0 Å². The van der Waals surface area contributed by atoms with Crippen molar-refractivity contribution in [2.45, 2.75) is 35.7 Å². The molecule has 1 saturated heterocycles. The molecule has 1 saturated carbocycles. The zero-order valence-electron chi connectivity index (χ0n) is 16.5. The van der Waals surface area contributed by atoms with E-state index >= 15 is 0 Å². The van der Waals surface area contributed by atoms with Crippen LogP contribution in [0.3, 0.4) is 0 Å². The molecule has 1 aromatic heterocycles. The third-order valence-electron chi connectivity index (χ3n) is 5.91. The van der Waals surface area contributed by atoms with Gasteiger partial charge in [0.05, 0.1) is 11.3 Å². The smallest absolute Gasteiger partial charge is 0.261 e. The van der Waals surface area contributed by atoms with Gasteiger partial charge in [-0.2, -0.15) is 0 Å². The van der Waals surface area contributed by atoms with Crippen molar-refractivity contribution >= 4 is 29.3 Å². The number of benzene rings is 1. The summed E-state index contributed by atoms with van der Waals surface area (Å²) in [6, 6.07) is 9.67. The molecule has 5 rings (SSSR count). The lowest BCUT2D eigenvalue weighted by Gasteiger charge is -2.34. The molecule has 3 aliphatic rings. The van der Waals surface area contributed by atoms with E-state index in [1.54, 1.807) is 6.20 Å². The van der Waals surface area contributed by atoms with Crippen LogP contribution in [-0.2, 0) is 0 Å². The molecule has 0 spiro atoms. The molecule has 0 radical (unpaired) electrons. The molecule has 2 aromatic rings. The number of amides is 2. The zero-order chi connectivity index (χ0) is 20.0. The van der Waals surface area contributed by atoms with Gasteiger partial charge < -0.3 is 14.7 Å². The van der Waals surface area contributed by atoms with Gasteiger partial charge >= 0.3 is 0 Å². The topological polar surface area (TPSA) is 56.8 Å². The molecule has 1 aliphatic carbocycles. The molecule has 0 atom stereocenters. The van der Waals surface area contributed by atoms with Gasteiger partial charge in [0, 0.05) is 48.9 Å². The number of anilines is 1. The number of carbonyl (C=O) groups is 2. The van der Waals surface area contributed by atoms with Crippen molar-refractivity contribution in [1.82, 2.24) is 14.8 Å². The number of fused-ring (bicyclic) bond motifs is 2. The number of likely N-dealkylation sites (N-methyl/N-ethyl adjacent to an activating group) is 1. The molecule has 29 heavy (non-hydrogen) atoms. The molecule has 6 nitrogen and oxygen atoms in total. The minimum atomic E-state index is 0.0108. The number of rotatable bonds is 3. The van der Waals surface area contributed by atoms with Crippen LogP contribution in [-0.4, -0.2) is 65.4 Å². The molecular weight excluding hydrogens is 384 g/mol. The van der Waals surface area contributed by atoms with Crippen molar-refractivity contribution < 1.29 is 9.59 Å². The summed E-state index contributed by atoms with van der Waals surface area (Å²) in [6.07, 6.45) is 3.76. The minimum absolute atomic E-state index is 0.0108. The minimum Gasteiger partial charge on any atom is -0.336 e. The maximum Gasteiger partial charge on any atom is 0.261 e. The number of piperazine rings is 1. The maximum atomic E-state index is 13.2. The van der Waals surface area contributed by atoms with Crippen LogP contribution in [0.1, 0.15) is 40.5 Å². The molecular formula is C22H24N4O2S. The summed E-state index contributed by atoms with van der Waals surface area (Å²) < 4.78 is 0. The summed E-state index contributed by atoms with van der Waals surface area (Å²) in [6.45, 7) is 6.53. The number of hydrogen-bond donors (Lipinski definition) is 0. The van der Waals surface area contributed by atoms with Crippen molar-refractivity contribution in [3.05, 3.63) is 47.7 Å². The molecule has 7 heteroatoms. The van der Waals surface area contributed by atoms with Crippen LogP contribution in [0.15, 0.2) is 46.5 Å². The van der Waals surface area contributed by atoms with E-state index in [-0.39, 0.29) is 17.9 Å². The van der Waals surface area contributed by atoms with Gasteiger partial charge in [0.15, 0.2) is 0 Å². The Labute approximate surface area is 174 Å². The molecule has 2 fully saturated rings. The average molecular weight is 409 g/mol. The van der Waals surface area contributed by atoms with Crippen molar-refractivity contribution in [3.63, 3.8) is 0 Å². The predicted octanol–water partition coefficient (Wildman–Crippen LogP) is 3.13. The molecule has 2 amide bonds. The molecule has 0 bridgehead atoms. The van der Waals surface area contributed by atoms with E-state index in [9.17, 15) is 9.59 Å². The molecule has 0 unspecified atom stereocenters. The highest BCUT2D eigenvalue weighted by Crippen LogP contribution is 2.44. The lowest BCUT2D eigenvalue weighted by atomic mass is 10.1. The first-order chi connectivity index (χ1) is 14.2. The molecule has 0 N–H and O–H groups in total. The second-order valence-electron chi connectivity index (χ2n) is 7.77. The van der Waals surface area contributed by atoms with E-state index in [0.29, 0.717) is 16.2 Å². The highest BCUT2D eigenvalue weighted by molar-refractivity contribution is 7.99. The van der Waals surface area contributed by atoms with Gasteiger partial charge in [-0.1, -0.05) is 18.7 Å². The first kappa shape index (κ1) is 18.6. The predicted molar refractivity (Wildman–Crippen MR) is 113 cm³/mol. The zero-order valence-corrected chi connectivity index (χ0v) is 17.3. The van der Waals surface area contributed by atoms with Gasteiger partial charge in [0.1, 0.15) is 5.03 Å². The van der Waals surface area contributed by atoms with Gasteiger partial charge in [-0.15, -0.1) is 0 Å². The summed E-state index contributed by atoms with van der Waals surface area (Å²) in [5, 5.41) is 0.711. The van der Waals surface area contributed by atoms with Gasteiger partial charge in [-0.25, -0.2) is 4.98 Å². The lowest BCUT2D eigenvalue weighted by Crippen LogP contribution is -2.48. The Balaban J connectivity index is 1.48. The summed E-state index contributed by atoms with van der Waals surface area (Å²) in [4.78, 5) is 37.9. The quantitative estimate of drug-likeness (QED) is 0.781. The Morgan fingerprint density at radius 1 is 1.17 bits per heavy atom. The third-order valence-corrected chi connectivity index (χ3v) is 6.98. The van der Waals surface area contributed by atoms with Crippen molar-refractivity contribution in [2.75, 3.05) is 37.6 Å². The second-order valence-corrected chi connectivity index (χ2v) is 8.80. The normalized spacial score (nSPS) is 19.6. The maximum absolute atomic E-state index is 13.2. The highest BCUT2D eigenvalue weighted by Gasteiger charge is 2.38. The second kappa shape index (κ2) is 7.46. The van der Waals surface area contributed by atoms with E-state index < -0.39 is 0 Å². The number of nitrogens with zero attached hydrogens (tertiary/aromatic N) is 4. The largest absolute Gasteiger partial charge is 0.336 e. The Morgan fingerprint density at radius 3 is 2.69 bits per heavy atom. The summed E-state index contributed by atoms with van der Waals surface area (Å²) in [5.74, 6) is 0.0792. The van der Waals surface area contributed by atoms with Crippen molar-refractivity contribution in [1.29, 1.82) is 0 Å². The Hall–Kier alpha value is -2.38. The van der Waals surface area contributed by atoms with Gasteiger partial charge in [0.25, 0.3) is 11.8 Å². The summed E-state index contributed by atoms with van der Waals surface area (Å²) in [5.41, 5.74) is 2.22. The van der Waals surface area contributed by atoms with Crippen LogP contribution >= 0.6 is 11.8 Å². The van der Waals surface area contributed by atoms with E-state index in [0.717, 1.165) is 56.1 Å². The molecule has 3 heterocycles. The first-order valence-corrected chi connectivity index (χ1v) is 11.1. The SMILES string of the molecule is CCN1CCN(C(=O)c2ccc3c(c2)Sc2ncccc2C(=O)N3C2CC2)CC1. The number of aromatic nitrogens is 1. The number of hydrogen-bond acceptors (Lipinski definition) is 5. The van der Waals surface area contributed by atoms with Crippen molar-refractivity contribution in [3.8, 4) is 0 Å². The van der Waals surface area contributed by atoms with E-state index in [1.807, 2.05) is 40.1 Å². The Morgan fingerprint density at radius 2 is 1.97 bits per heavy atom. The van der Waals surface area contributed by atoms with E-state index in [4.69, 9.17) is 0 Å². The third kappa shape index (κ3) is 3.42. The van der Waals surface area contributed by atoms with Crippen LogP contribution in [0.4, 0.5) is 5.69 Å². The standard InChI is InChI=1S/C22H24N4O2S/c1-2-24-10-12-25(13-11-24)21(27)15-5-8-18-19(14-15)29-20-17(4-3-9-23-20)22(28)26(18)16-6-7-16/h3-5,8-9,14,16H,2,6-7,10-13H2,1H3. The van der Waals surface area contributed by atoms with Crippen LogP contribution in [0.25, 0.3) is 0 Å². The number of carbonyl (C=O) groups excluding carboxylic acids is 2. The molecule has 150 valence electrons. The van der Waals surface area contributed by atoms with E-state index in [2.05, 4.69) is 16.8 Å².